The van der Waals surface area contributed by atoms with E-state index in [1.54, 1.807) is 0 Å². The first-order valence-electron chi connectivity index (χ1n) is 4.94. The average molecular weight is 291 g/mol. The summed E-state index contributed by atoms with van der Waals surface area (Å²) in [6, 6.07) is 4.25. The second-order valence-electron chi connectivity index (χ2n) is 3.81. The third kappa shape index (κ3) is 2.14. The van der Waals surface area contributed by atoms with Gasteiger partial charge in [-0.3, -0.25) is 0 Å². The van der Waals surface area contributed by atoms with Gasteiger partial charge in [-0.1, -0.05) is 27.5 Å². The summed E-state index contributed by atoms with van der Waals surface area (Å²) in [6.45, 7) is 2.06. The van der Waals surface area contributed by atoms with Crippen molar-refractivity contribution in [2.24, 2.45) is 0 Å². The second-order valence-corrected chi connectivity index (χ2v) is 5.13. The number of halogens is 2. The molecule has 1 N–H and O–H groups in total. The number of fused-ring (bicyclic) bond motifs is 1. The number of nitrogens with one attached hydrogen (secondary N) is 1. The highest BCUT2D eigenvalue weighted by Gasteiger charge is 2.26. The van der Waals surface area contributed by atoms with Crippen LogP contribution in [0.5, 0.6) is 5.75 Å². The van der Waals surface area contributed by atoms with Gasteiger partial charge < -0.3 is 10.1 Å². The van der Waals surface area contributed by atoms with Crippen LogP contribution in [-0.4, -0.2) is 13.2 Å². The normalized spacial score (nSPS) is 24.5. The van der Waals surface area contributed by atoms with Gasteiger partial charge in [0.2, 0.25) is 0 Å². The second kappa shape index (κ2) is 4.32. The zero-order chi connectivity index (χ0) is 11.0. The third-order valence-electron chi connectivity index (χ3n) is 2.65. The van der Waals surface area contributed by atoms with Crippen molar-refractivity contribution in [2.45, 2.75) is 25.5 Å². The molecule has 2 atom stereocenters. The Morgan fingerprint density at radius 3 is 2.93 bits per heavy atom. The van der Waals surface area contributed by atoms with Crippen molar-refractivity contribution >= 4 is 27.5 Å². The van der Waals surface area contributed by atoms with E-state index >= 15 is 0 Å². The summed E-state index contributed by atoms with van der Waals surface area (Å²) < 4.78 is 6.75. The Hall–Kier alpha value is -0.250. The molecular formula is C11H13BrClNO. The molecule has 0 saturated carbocycles. The van der Waals surface area contributed by atoms with Crippen molar-refractivity contribution < 1.29 is 4.74 Å². The number of benzene rings is 1. The molecule has 2 nitrogen and oxygen atoms in total. The van der Waals surface area contributed by atoms with Crippen LogP contribution in [0.25, 0.3) is 0 Å². The SMILES string of the molecule is CNC1CC(C)Oc2c(Cl)cc(Br)cc21. The van der Waals surface area contributed by atoms with E-state index in [1.807, 2.05) is 13.1 Å². The summed E-state index contributed by atoms with van der Waals surface area (Å²) in [5.74, 6) is 0.818. The minimum absolute atomic E-state index is 0.202. The topological polar surface area (TPSA) is 21.3 Å². The van der Waals surface area contributed by atoms with Crippen LogP contribution in [0.3, 0.4) is 0 Å². The van der Waals surface area contributed by atoms with Crippen molar-refractivity contribution in [3.05, 3.63) is 27.2 Å². The molecule has 0 radical (unpaired) electrons. The van der Waals surface area contributed by atoms with Crippen LogP contribution in [0.1, 0.15) is 24.9 Å². The van der Waals surface area contributed by atoms with Gasteiger partial charge in [0.1, 0.15) is 5.75 Å². The molecule has 82 valence electrons. The Morgan fingerprint density at radius 2 is 2.27 bits per heavy atom. The highest BCUT2D eigenvalue weighted by Crippen LogP contribution is 2.41. The summed E-state index contributed by atoms with van der Waals surface area (Å²) in [5, 5.41) is 3.96. The minimum Gasteiger partial charge on any atom is -0.489 e. The summed E-state index contributed by atoms with van der Waals surface area (Å²) in [5.41, 5.74) is 1.13. The van der Waals surface area contributed by atoms with Gasteiger partial charge in [0.25, 0.3) is 0 Å². The molecule has 1 aliphatic heterocycles. The van der Waals surface area contributed by atoms with Gasteiger partial charge in [-0.25, -0.2) is 0 Å². The molecule has 0 fully saturated rings. The van der Waals surface area contributed by atoms with E-state index in [1.165, 1.54) is 0 Å². The fraction of sp³-hybridized carbons (Fsp3) is 0.455. The number of hydrogen-bond acceptors (Lipinski definition) is 2. The predicted molar refractivity (Wildman–Crippen MR) is 65.7 cm³/mol. The molecule has 0 saturated heterocycles. The van der Waals surface area contributed by atoms with Crippen molar-refractivity contribution in [1.29, 1.82) is 0 Å². The molecule has 15 heavy (non-hydrogen) atoms. The summed E-state index contributed by atoms with van der Waals surface area (Å²) in [4.78, 5) is 0. The predicted octanol–water partition coefficient (Wildman–Crippen LogP) is 3.53. The molecule has 1 aliphatic rings. The smallest absolute Gasteiger partial charge is 0.143 e. The molecule has 0 aliphatic carbocycles. The highest BCUT2D eigenvalue weighted by atomic mass is 79.9. The largest absolute Gasteiger partial charge is 0.489 e. The summed E-state index contributed by atoms with van der Waals surface area (Å²) in [6.07, 6.45) is 1.17. The zero-order valence-corrected chi connectivity index (χ0v) is 11.0. The van der Waals surface area contributed by atoms with Gasteiger partial charge in [-0.2, -0.15) is 0 Å². The van der Waals surface area contributed by atoms with Crippen LogP contribution in [0.2, 0.25) is 5.02 Å². The van der Waals surface area contributed by atoms with Gasteiger partial charge in [0.05, 0.1) is 11.1 Å². The van der Waals surface area contributed by atoms with E-state index in [4.69, 9.17) is 16.3 Å². The minimum atomic E-state index is 0.202. The van der Waals surface area contributed by atoms with Crippen molar-refractivity contribution in [2.75, 3.05) is 7.05 Å². The standard InChI is InChI=1S/C11H13BrClNO/c1-6-3-10(14-2)8-4-7(12)5-9(13)11(8)15-6/h4-6,10,14H,3H2,1-2H3. The van der Waals surface area contributed by atoms with E-state index < -0.39 is 0 Å². The van der Waals surface area contributed by atoms with Gasteiger partial charge in [0, 0.05) is 22.5 Å². The average Bonchev–Trinajstić information content (AvgIpc) is 2.18. The van der Waals surface area contributed by atoms with Crippen LogP contribution in [0.15, 0.2) is 16.6 Å². The van der Waals surface area contributed by atoms with E-state index in [0.29, 0.717) is 11.1 Å². The lowest BCUT2D eigenvalue weighted by Crippen LogP contribution is -2.29. The van der Waals surface area contributed by atoms with Crippen LogP contribution < -0.4 is 10.1 Å². The molecule has 1 heterocycles. The zero-order valence-electron chi connectivity index (χ0n) is 8.68. The van der Waals surface area contributed by atoms with Crippen molar-refractivity contribution in [3.8, 4) is 5.75 Å². The molecule has 2 unspecified atom stereocenters. The van der Waals surface area contributed by atoms with Crippen LogP contribution in [-0.2, 0) is 0 Å². The highest BCUT2D eigenvalue weighted by molar-refractivity contribution is 9.10. The molecule has 1 aromatic rings. The molecular weight excluding hydrogens is 277 g/mol. The lowest BCUT2D eigenvalue weighted by atomic mass is 9.97. The molecule has 4 heteroatoms. The molecule has 0 amide bonds. The number of rotatable bonds is 1. The van der Waals surface area contributed by atoms with Crippen LogP contribution >= 0.6 is 27.5 Å². The van der Waals surface area contributed by atoms with Crippen LogP contribution in [0.4, 0.5) is 0 Å². The maximum absolute atomic E-state index is 6.15. The van der Waals surface area contributed by atoms with E-state index in [0.717, 1.165) is 22.2 Å². The van der Waals surface area contributed by atoms with Crippen LogP contribution in [0, 0.1) is 0 Å². The molecule has 0 aromatic heterocycles. The summed E-state index contributed by atoms with van der Waals surface area (Å²) in [7, 11) is 1.96. The fourth-order valence-corrected chi connectivity index (χ4v) is 2.82. The lowest BCUT2D eigenvalue weighted by molar-refractivity contribution is 0.169. The Bertz CT molecular complexity index is 383. The van der Waals surface area contributed by atoms with Gasteiger partial charge >= 0.3 is 0 Å². The van der Waals surface area contributed by atoms with E-state index in [-0.39, 0.29) is 6.10 Å². The molecule has 2 rings (SSSR count). The van der Waals surface area contributed by atoms with E-state index in [9.17, 15) is 0 Å². The van der Waals surface area contributed by atoms with Gasteiger partial charge in [0.15, 0.2) is 0 Å². The van der Waals surface area contributed by atoms with Gasteiger partial charge in [-0.15, -0.1) is 0 Å². The van der Waals surface area contributed by atoms with Crippen molar-refractivity contribution in [1.82, 2.24) is 5.32 Å². The quantitative estimate of drug-likeness (QED) is 0.854. The molecule has 0 spiro atoms. The first kappa shape index (κ1) is 11.2. The summed E-state index contributed by atoms with van der Waals surface area (Å²) >= 11 is 9.60. The number of ether oxygens (including phenoxy) is 1. The molecule has 0 bridgehead atoms. The number of hydrogen-bond donors (Lipinski definition) is 1. The van der Waals surface area contributed by atoms with Crippen molar-refractivity contribution in [3.63, 3.8) is 0 Å². The lowest BCUT2D eigenvalue weighted by Gasteiger charge is -2.31. The Morgan fingerprint density at radius 1 is 1.53 bits per heavy atom. The van der Waals surface area contributed by atoms with E-state index in [2.05, 4.69) is 34.2 Å². The Balaban J connectivity index is 2.51. The maximum Gasteiger partial charge on any atom is 0.143 e. The monoisotopic (exact) mass is 289 g/mol. The fourth-order valence-electron chi connectivity index (χ4n) is 1.94. The molecule has 1 aromatic carbocycles. The first-order valence-corrected chi connectivity index (χ1v) is 6.11. The third-order valence-corrected chi connectivity index (χ3v) is 3.39. The first-order chi connectivity index (χ1) is 7.11. The Labute approximate surface area is 103 Å². The Kier molecular flexibility index (Phi) is 3.24. The van der Waals surface area contributed by atoms with Gasteiger partial charge in [-0.05, 0) is 26.1 Å². The maximum atomic E-state index is 6.15.